The molecule has 3 heterocycles. The van der Waals surface area contributed by atoms with Crippen LogP contribution < -0.4 is 0 Å². The van der Waals surface area contributed by atoms with Crippen LogP contribution in [0.1, 0.15) is 16.1 Å². The quantitative estimate of drug-likeness (QED) is 0.497. The van der Waals surface area contributed by atoms with Crippen LogP contribution in [0.15, 0.2) is 67.1 Å². The number of likely N-dealkylation sites (N-methyl/N-ethyl adjacent to an activating group) is 1. The second-order valence-corrected chi connectivity index (χ2v) is 8.32. The van der Waals surface area contributed by atoms with E-state index in [9.17, 15) is 4.79 Å². The lowest BCUT2D eigenvalue weighted by molar-refractivity contribution is 0.0664. The summed E-state index contributed by atoms with van der Waals surface area (Å²) in [5.41, 5.74) is 6.39. The van der Waals surface area contributed by atoms with Gasteiger partial charge in [0.15, 0.2) is 0 Å². The molecule has 1 fully saturated rings. The number of amides is 1. The van der Waals surface area contributed by atoms with Crippen molar-refractivity contribution in [1.82, 2.24) is 24.8 Å². The predicted octanol–water partition coefficient (Wildman–Crippen LogP) is 4.05. The summed E-state index contributed by atoms with van der Waals surface area (Å²) >= 11 is 0. The van der Waals surface area contributed by atoms with Gasteiger partial charge in [-0.25, -0.2) is 9.97 Å². The Morgan fingerprint density at radius 1 is 0.844 bits per heavy atom. The van der Waals surface area contributed by atoms with Crippen LogP contribution in [-0.2, 0) is 0 Å². The van der Waals surface area contributed by atoms with Crippen LogP contribution in [0.25, 0.3) is 33.3 Å². The minimum Gasteiger partial charge on any atom is -0.336 e. The third kappa shape index (κ3) is 3.97. The average Bonchev–Trinajstić information content (AvgIpc) is 2.84. The summed E-state index contributed by atoms with van der Waals surface area (Å²) in [5.74, 6) is 0.0738. The lowest BCUT2D eigenvalue weighted by Gasteiger charge is -2.32. The molecule has 5 rings (SSSR count). The molecule has 0 atom stereocenters. The molecule has 0 aliphatic carbocycles. The van der Waals surface area contributed by atoms with Crippen molar-refractivity contribution in [3.05, 3.63) is 78.4 Å². The minimum atomic E-state index is 0.0738. The normalized spacial score (nSPS) is 14.6. The fourth-order valence-corrected chi connectivity index (χ4v) is 4.10. The van der Waals surface area contributed by atoms with E-state index in [0.29, 0.717) is 5.56 Å². The number of hydrogen-bond donors (Lipinski definition) is 0. The first-order valence-corrected chi connectivity index (χ1v) is 10.8. The average molecular weight is 424 g/mol. The number of aromatic nitrogens is 3. The molecule has 1 aliphatic rings. The zero-order valence-electron chi connectivity index (χ0n) is 18.3. The number of carbonyl (C=O) groups excluding carboxylic acids is 1. The Balaban J connectivity index is 1.53. The largest absolute Gasteiger partial charge is 0.336 e. The van der Waals surface area contributed by atoms with Gasteiger partial charge in [0.2, 0.25) is 0 Å². The van der Waals surface area contributed by atoms with E-state index in [2.05, 4.69) is 45.1 Å². The van der Waals surface area contributed by atoms with E-state index < -0.39 is 0 Å². The van der Waals surface area contributed by atoms with Gasteiger partial charge in [-0.15, -0.1) is 0 Å². The summed E-state index contributed by atoms with van der Waals surface area (Å²) in [6, 6.07) is 18.0. The van der Waals surface area contributed by atoms with E-state index in [1.807, 2.05) is 54.4 Å². The topological polar surface area (TPSA) is 62.2 Å². The molecule has 1 saturated heterocycles. The van der Waals surface area contributed by atoms with Gasteiger partial charge in [0.25, 0.3) is 5.91 Å². The number of fused-ring (bicyclic) bond motifs is 1. The van der Waals surface area contributed by atoms with Crippen molar-refractivity contribution in [2.75, 3.05) is 33.2 Å². The summed E-state index contributed by atoms with van der Waals surface area (Å²) in [5, 5.41) is 0.953. The van der Waals surface area contributed by atoms with Crippen molar-refractivity contribution in [2.24, 2.45) is 0 Å². The number of nitrogens with zero attached hydrogens (tertiary/aromatic N) is 5. The molecule has 0 unspecified atom stereocenters. The smallest absolute Gasteiger partial charge is 0.253 e. The molecule has 1 amide bonds. The molecule has 0 N–H and O–H groups in total. The number of aryl methyl sites for hydroxylation is 1. The Labute approximate surface area is 187 Å². The third-order valence-electron chi connectivity index (χ3n) is 6.05. The van der Waals surface area contributed by atoms with E-state index >= 15 is 0 Å². The highest BCUT2D eigenvalue weighted by atomic mass is 16.2. The third-order valence-corrected chi connectivity index (χ3v) is 6.05. The molecule has 160 valence electrons. The Hall–Kier alpha value is -3.64. The van der Waals surface area contributed by atoms with Crippen molar-refractivity contribution in [3.63, 3.8) is 0 Å². The Morgan fingerprint density at radius 2 is 1.66 bits per heavy atom. The number of rotatable bonds is 3. The molecule has 1 aliphatic heterocycles. The van der Waals surface area contributed by atoms with E-state index in [1.165, 1.54) is 0 Å². The van der Waals surface area contributed by atoms with Gasteiger partial charge in [-0.1, -0.05) is 24.3 Å². The lowest BCUT2D eigenvalue weighted by atomic mass is 10.00. The highest BCUT2D eigenvalue weighted by Crippen LogP contribution is 2.30. The van der Waals surface area contributed by atoms with Gasteiger partial charge in [0.05, 0.1) is 11.2 Å². The molecular formula is C26H25N5O. The molecule has 2 aromatic carbocycles. The summed E-state index contributed by atoms with van der Waals surface area (Å²) in [6.07, 6.45) is 3.47. The van der Waals surface area contributed by atoms with Gasteiger partial charge in [-0.3, -0.25) is 9.78 Å². The number of carbonyl (C=O) groups is 1. The number of benzene rings is 2. The van der Waals surface area contributed by atoms with Crippen molar-refractivity contribution in [2.45, 2.75) is 6.92 Å². The highest BCUT2D eigenvalue weighted by Gasteiger charge is 2.21. The molecule has 2 aromatic heterocycles. The zero-order chi connectivity index (χ0) is 22.1. The molecule has 32 heavy (non-hydrogen) atoms. The molecular weight excluding hydrogens is 398 g/mol. The lowest BCUT2D eigenvalue weighted by Crippen LogP contribution is -2.47. The van der Waals surface area contributed by atoms with Crippen LogP contribution in [0, 0.1) is 6.92 Å². The monoisotopic (exact) mass is 423 g/mol. The minimum absolute atomic E-state index is 0.0738. The molecule has 0 bridgehead atoms. The van der Waals surface area contributed by atoms with Crippen LogP contribution in [0.4, 0.5) is 0 Å². The zero-order valence-corrected chi connectivity index (χ0v) is 18.3. The SMILES string of the molecule is Cc1ccc(-c2ccc3ncnc(-c4cccc(C(=O)N5CCN(C)CC5)c4)c3c2)cn1. The van der Waals surface area contributed by atoms with Crippen molar-refractivity contribution in [1.29, 1.82) is 0 Å². The fourth-order valence-electron chi connectivity index (χ4n) is 4.10. The maximum atomic E-state index is 13.1. The number of hydrogen-bond acceptors (Lipinski definition) is 5. The maximum Gasteiger partial charge on any atom is 0.253 e. The van der Waals surface area contributed by atoms with E-state index in [1.54, 1.807) is 6.33 Å². The standard InChI is InChI=1S/C26H25N5O/c1-18-6-7-22(16-27-18)19-8-9-24-23(15-19)25(29-17-28-24)20-4-3-5-21(14-20)26(32)31-12-10-30(2)11-13-31/h3-9,14-17H,10-13H2,1-2H3. The second kappa shape index (κ2) is 8.48. The molecule has 0 saturated carbocycles. The Kier molecular flexibility index (Phi) is 5.37. The number of piperazine rings is 1. The van der Waals surface area contributed by atoms with Crippen LogP contribution in [0.5, 0.6) is 0 Å². The van der Waals surface area contributed by atoms with Gasteiger partial charge in [-0.2, -0.15) is 0 Å². The molecule has 4 aromatic rings. The number of pyridine rings is 1. The van der Waals surface area contributed by atoms with Gasteiger partial charge in [-0.05, 0) is 49.9 Å². The van der Waals surface area contributed by atoms with Crippen molar-refractivity contribution >= 4 is 16.8 Å². The first-order valence-electron chi connectivity index (χ1n) is 10.8. The predicted molar refractivity (Wildman–Crippen MR) is 126 cm³/mol. The van der Waals surface area contributed by atoms with Crippen LogP contribution in [-0.4, -0.2) is 63.9 Å². The summed E-state index contributed by atoms with van der Waals surface area (Å²) in [7, 11) is 2.09. The van der Waals surface area contributed by atoms with Gasteiger partial charge in [0, 0.05) is 60.1 Å². The molecule has 0 radical (unpaired) electrons. The Bertz CT molecular complexity index is 1280. The molecule has 6 nitrogen and oxygen atoms in total. The van der Waals surface area contributed by atoms with Crippen LogP contribution >= 0.6 is 0 Å². The Morgan fingerprint density at radius 3 is 2.44 bits per heavy atom. The fraction of sp³-hybridized carbons (Fsp3) is 0.231. The second-order valence-electron chi connectivity index (χ2n) is 8.32. The van der Waals surface area contributed by atoms with Crippen LogP contribution in [0.3, 0.4) is 0 Å². The van der Waals surface area contributed by atoms with E-state index in [0.717, 1.165) is 65.2 Å². The highest BCUT2D eigenvalue weighted by molar-refractivity contribution is 5.98. The maximum absolute atomic E-state index is 13.1. The van der Waals surface area contributed by atoms with Crippen molar-refractivity contribution in [3.8, 4) is 22.4 Å². The molecule has 6 heteroatoms. The van der Waals surface area contributed by atoms with E-state index in [4.69, 9.17) is 0 Å². The first-order chi connectivity index (χ1) is 15.6. The first kappa shape index (κ1) is 20.3. The van der Waals surface area contributed by atoms with Crippen LogP contribution in [0.2, 0.25) is 0 Å². The molecule has 0 spiro atoms. The summed E-state index contributed by atoms with van der Waals surface area (Å²) in [6.45, 7) is 5.29. The van der Waals surface area contributed by atoms with Gasteiger partial charge >= 0.3 is 0 Å². The van der Waals surface area contributed by atoms with Gasteiger partial charge < -0.3 is 9.80 Å². The summed E-state index contributed by atoms with van der Waals surface area (Å²) in [4.78, 5) is 30.7. The van der Waals surface area contributed by atoms with Gasteiger partial charge in [0.1, 0.15) is 6.33 Å². The van der Waals surface area contributed by atoms with E-state index in [-0.39, 0.29) is 5.91 Å². The summed E-state index contributed by atoms with van der Waals surface area (Å²) < 4.78 is 0. The van der Waals surface area contributed by atoms with Crippen molar-refractivity contribution < 1.29 is 4.79 Å².